The van der Waals surface area contributed by atoms with Gasteiger partial charge < -0.3 is 9.73 Å². The highest BCUT2D eigenvalue weighted by Crippen LogP contribution is 2.19. The lowest BCUT2D eigenvalue weighted by Crippen LogP contribution is -2.23. The Labute approximate surface area is 145 Å². The number of nitrogens with zero attached hydrogens (tertiary/aromatic N) is 1. The minimum absolute atomic E-state index is 0.00150. The van der Waals surface area contributed by atoms with E-state index in [0.717, 1.165) is 22.5 Å². The van der Waals surface area contributed by atoms with Crippen LogP contribution in [0.3, 0.4) is 0 Å². The molecule has 2 aromatic heterocycles. The number of carbonyl (C=O) groups is 1. The van der Waals surface area contributed by atoms with Crippen molar-refractivity contribution in [2.75, 3.05) is 0 Å². The van der Waals surface area contributed by atoms with Gasteiger partial charge in [-0.05, 0) is 47.9 Å². The molecule has 1 aromatic carbocycles. The first-order valence-corrected chi connectivity index (χ1v) is 8.07. The maximum absolute atomic E-state index is 12.0. The number of nitrogens with one attached hydrogen (secondary N) is 1. The third-order valence-electron chi connectivity index (χ3n) is 3.62. The van der Waals surface area contributed by atoms with Gasteiger partial charge in [0.2, 0.25) is 5.91 Å². The van der Waals surface area contributed by atoms with Crippen LogP contribution in [0.25, 0.3) is 11.3 Å². The summed E-state index contributed by atoms with van der Waals surface area (Å²) in [7, 11) is 0. The molecular weight excluding hydrogens is 324 g/mol. The Balaban J connectivity index is 1.52. The number of pyridine rings is 1. The van der Waals surface area contributed by atoms with Gasteiger partial charge in [0.1, 0.15) is 5.76 Å². The van der Waals surface area contributed by atoms with Crippen molar-refractivity contribution in [1.29, 1.82) is 0 Å². The number of hydrogen-bond donors (Lipinski definition) is 1. The lowest BCUT2D eigenvalue weighted by molar-refractivity contribution is -0.121. The molecule has 3 aromatic rings. The zero-order valence-electron chi connectivity index (χ0n) is 13.0. The van der Waals surface area contributed by atoms with Crippen molar-refractivity contribution in [3.05, 3.63) is 77.3 Å². The van der Waals surface area contributed by atoms with Crippen molar-refractivity contribution in [1.82, 2.24) is 10.3 Å². The van der Waals surface area contributed by atoms with Crippen molar-refractivity contribution in [2.24, 2.45) is 0 Å². The Morgan fingerprint density at radius 3 is 2.83 bits per heavy atom. The number of rotatable bonds is 6. The summed E-state index contributed by atoms with van der Waals surface area (Å²) in [6.45, 7) is 0.440. The van der Waals surface area contributed by atoms with E-state index in [9.17, 15) is 4.79 Å². The highest BCUT2D eigenvalue weighted by atomic mass is 35.5. The number of amides is 1. The van der Waals surface area contributed by atoms with Crippen LogP contribution in [0.5, 0.6) is 0 Å². The van der Waals surface area contributed by atoms with Crippen LogP contribution in [-0.4, -0.2) is 10.9 Å². The quantitative estimate of drug-likeness (QED) is 0.730. The second kappa shape index (κ2) is 7.79. The molecule has 0 bridgehead atoms. The third kappa shape index (κ3) is 4.46. The largest absolute Gasteiger partial charge is 0.464 e. The van der Waals surface area contributed by atoms with E-state index in [1.54, 1.807) is 18.7 Å². The van der Waals surface area contributed by atoms with Gasteiger partial charge >= 0.3 is 0 Å². The summed E-state index contributed by atoms with van der Waals surface area (Å²) >= 11 is 5.94. The summed E-state index contributed by atoms with van der Waals surface area (Å²) in [5.41, 5.74) is 2.88. The Kier molecular flexibility index (Phi) is 5.29. The zero-order chi connectivity index (χ0) is 16.8. The van der Waals surface area contributed by atoms with Crippen LogP contribution in [0.1, 0.15) is 17.5 Å². The van der Waals surface area contributed by atoms with Crippen molar-refractivity contribution in [3.63, 3.8) is 0 Å². The fourth-order valence-corrected chi connectivity index (χ4v) is 2.61. The number of aryl methyl sites for hydroxylation is 1. The molecule has 1 N–H and O–H groups in total. The van der Waals surface area contributed by atoms with Crippen LogP contribution in [0, 0.1) is 0 Å². The summed E-state index contributed by atoms with van der Waals surface area (Å²) in [5.74, 6) is 0.759. The third-order valence-corrected chi connectivity index (χ3v) is 3.86. The molecule has 3 rings (SSSR count). The van der Waals surface area contributed by atoms with Gasteiger partial charge in [-0.25, -0.2) is 0 Å². The van der Waals surface area contributed by atoms with Crippen molar-refractivity contribution in [3.8, 4) is 11.3 Å². The topological polar surface area (TPSA) is 55.1 Å². The number of hydrogen-bond acceptors (Lipinski definition) is 3. The van der Waals surface area contributed by atoms with Gasteiger partial charge in [-0.1, -0.05) is 23.7 Å². The molecular formula is C19H17ClN2O2. The van der Waals surface area contributed by atoms with Crippen LogP contribution in [0.2, 0.25) is 5.02 Å². The molecule has 0 atom stereocenters. The Morgan fingerprint density at radius 1 is 1.12 bits per heavy atom. The fourth-order valence-electron chi connectivity index (χ4n) is 2.40. The monoisotopic (exact) mass is 340 g/mol. The molecule has 4 nitrogen and oxygen atoms in total. The smallest absolute Gasteiger partial charge is 0.220 e. The van der Waals surface area contributed by atoms with E-state index in [0.29, 0.717) is 24.4 Å². The van der Waals surface area contributed by atoms with Crippen LogP contribution in [-0.2, 0) is 17.8 Å². The SMILES string of the molecule is O=C(CCc1cccc(Cl)c1)NCc1cncc(-c2ccco2)c1. The number of carbonyl (C=O) groups excluding carboxylic acids is 1. The first kappa shape index (κ1) is 16.3. The molecule has 0 spiro atoms. The van der Waals surface area contributed by atoms with Gasteiger partial charge in [-0.2, -0.15) is 0 Å². The molecule has 0 radical (unpaired) electrons. The molecule has 0 aliphatic rings. The normalized spacial score (nSPS) is 10.5. The second-order valence-corrected chi connectivity index (χ2v) is 5.90. The van der Waals surface area contributed by atoms with E-state index >= 15 is 0 Å². The van der Waals surface area contributed by atoms with Crippen LogP contribution in [0.15, 0.2) is 65.5 Å². The average Bonchev–Trinajstić information content (AvgIpc) is 3.13. The maximum atomic E-state index is 12.0. The van der Waals surface area contributed by atoms with Crippen molar-refractivity contribution >= 4 is 17.5 Å². The zero-order valence-corrected chi connectivity index (χ0v) is 13.8. The lowest BCUT2D eigenvalue weighted by Gasteiger charge is -2.07. The van der Waals surface area contributed by atoms with E-state index in [4.69, 9.17) is 16.0 Å². The van der Waals surface area contributed by atoms with Crippen LogP contribution in [0.4, 0.5) is 0 Å². The van der Waals surface area contributed by atoms with E-state index < -0.39 is 0 Å². The highest BCUT2D eigenvalue weighted by molar-refractivity contribution is 6.30. The summed E-state index contributed by atoms with van der Waals surface area (Å²) in [6, 6.07) is 13.2. The van der Waals surface area contributed by atoms with Crippen LogP contribution < -0.4 is 5.32 Å². The standard InChI is InChI=1S/C19H17ClN2O2/c20-17-4-1-3-14(10-17)6-7-19(23)22-12-15-9-16(13-21-11-15)18-5-2-8-24-18/h1-5,8-11,13H,6-7,12H2,(H,22,23). The lowest BCUT2D eigenvalue weighted by atomic mass is 10.1. The van der Waals surface area contributed by atoms with E-state index in [2.05, 4.69) is 10.3 Å². The molecule has 0 saturated heterocycles. The summed E-state index contributed by atoms with van der Waals surface area (Å²) < 4.78 is 5.36. The van der Waals surface area contributed by atoms with E-state index in [1.807, 2.05) is 42.5 Å². The number of furan rings is 1. The Morgan fingerprint density at radius 2 is 2.04 bits per heavy atom. The van der Waals surface area contributed by atoms with Gasteiger partial charge in [0, 0.05) is 35.9 Å². The molecule has 1 amide bonds. The number of benzene rings is 1. The first-order chi connectivity index (χ1) is 11.7. The fraction of sp³-hybridized carbons (Fsp3) is 0.158. The first-order valence-electron chi connectivity index (χ1n) is 7.69. The van der Waals surface area contributed by atoms with Gasteiger partial charge in [-0.3, -0.25) is 9.78 Å². The maximum Gasteiger partial charge on any atom is 0.220 e. The predicted octanol–water partition coefficient (Wildman–Crippen LogP) is 4.24. The average molecular weight is 341 g/mol. The molecule has 0 aliphatic heterocycles. The molecule has 2 heterocycles. The minimum Gasteiger partial charge on any atom is -0.464 e. The second-order valence-electron chi connectivity index (χ2n) is 5.47. The van der Waals surface area contributed by atoms with Gasteiger partial charge in [-0.15, -0.1) is 0 Å². The molecule has 0 saturated carbocycles. The van der Waals surface area contributed by atoms with Crippen molar-refractivity contribution < 1.29 is 9.21 Å². The molecule has 122 valence electrons. The van der Waals surface area contributed by atoms with Gasteiger partial charge in [0.15, 0.2) is 0 Å². The molecule has 0 fully saturated rings. The molecule has 0 unspecified atom stereocenters. The summed E-state index contributed by atoms with van der Waals surface area (Å²) in [4.78, 5) is 16.2. The van der Waals surface area contributed by atoms with Gasteiger partial charge in [0.25, 0.3) is 0 Å². The minimum atomic E-state index is -0.00150. The Hall–Kier alpha value is -2.59. The molecule has 0 aliphatic carbocycles. The number of halogens is 1. The predicted molar refractivity (Wildman–Crippen MR) is 93.6 cm³/mol. The van der Waals surface area contributed by atoms with Crippen molar-refractivity contribution in [2.45, 2.75) is 19.4 Å². The van der Waals surface area contributed by atoms with E-state index in [-0.39, 0.29) is 5.91 Å². The summed E-state index contributed by atoms with van der Waals surface area (Å²) in [6.07, 6.45) is 6.19. The Bertz CT molecular complexity index is 816. The summed E-state index contributed by atoms with van der Waals surface area (Å²) in [5, 5.41) is 3.60. The van der Waals surface area contributed by atoms with Crippen LogP contribution >= 0.6 is 11.6 Å². The highest BCUT2D eigenvalue weighted by Gasteiger charge is 2.05. The molecule has 24 heavy (non-hydrogen) atoms. The number of aromatic nitrogens is 1. The van der Waals surface area contributed by atoms with E-state index in [1.165, 1.54) is 0 Å². The molecule has 5 heteroatoms. The van der Waals surface area contributed by atoms with Gasteiger partial charge in [0.05, 0.1) is 6.26 Å².